The van der Waals surface area contributed by atoms with Crippen LogP contribution in [0, 0.1) is 0 Å². The first kappa shape index (κ1) is 14.8. The molecule has 1 aromatic heterocycles. The second-order valence-corrected chi connectivity index (χ2v) is 5.14. The number of hydrogen-bond donors (Lipinski definition) is 1. The second-order valence-electron chi connectivity index (χ2n) is 5.14. The molecule has 1 N–H and O–H groups in total. The molecule has 5 heteroatoms. The van der Waals surface area contributed by atoms with Crippen LogP contribution < -0.4 is 10.2 Å². The number of carbonyl (C=O) groups excluding carboxylic acids is 1. The van der Waals surface area contributed by atoms with Gasteiger partial charge in [-0.3, -0.25) is 4.79 Å². The van der Waals surface area contributed by atoms with Crippen molar-refractivity contribution < 1.29 is 9.53 Å². The third-order valence-electron chi connectivity index (χ3n) is 3.65. The number of aryl methyl sites for hydroxylation is 1. The van der Waals surface area contributed by atoms with Crippen molar-refractivity contribution in [1.29, 1.82) is 0 Å². The lowest BCUT2D eigenvalue weighted by molar-refractivity contribution is 0.0955. The Hall–Kier alpha value is -3.08. The summed E-state index contributed by atoms with van der Waals surface area (Å²) in [5.41, 5.74) is 5.15. The zero-order valence-electron chi connectivity index (χ0n) is 13.0. The van der Waals surface area contributed by atoms with E-state index in [1.165, 1.54) is 0 Å². The van der Waals surface area contributed by atoms with Crippen molar-refractivity contribution in [2.75, 3.05) is 7.11 Å². The van der Waals surface area contributed by atoms with Crippen LogP contribution in [0.1, 0.15) is 15.9 Å². The van der Waals surface area contributed by atoms with E-state index < -0.39 is 0 Å². The Labute approximate surface area is 134 Å². The number of methoxy groups -OCH3 is 1. The van der Waals surface area contributed by atoms with Crippen LogP contribution in [0.15, 0.2) is 59.8 Å². The van der Waals surface area contributed by atoms with Gasteiger partial charge in [-0.05, 0) is 30.3 Å². The molecule has 0 saturated carbocycles. The van der Waals surface area contributed by atoms with Gasteiger partial charge in [0.15, 0.2) is 0 Å². The molecule has 1 heterocycles. The molecule has 0 aliphatic heterocycles. The number of hydrazone groups is 1. The normalized spacial score (nSPS) is 11.0. The summed E-state index contributed by atoms with van der Waals surface area (Å²) in [6, 6.07) is 14.9. The molecule has 0 spiro atoms. The fourth-order valence-corrected chi connectivity index (χ4v) is 2.44. The van der Waals surface area contributed by atoms with Crippen LogP contribution in [0.3, 0.4) is 0 Å². The number of hydrogen-bond acceptors (Lipinski definition) is 3. The van der Waals surface area contributed by atoms with Gasteiger partial charge >= 0.3 is 0 Å². The number of ether oxygens (including phenoxy) is 1. The van der Waals surface area contributed by atoms with Crippen molar-refractivity contribution in [3.63, 3.8) is 0 Å². The monoisotopic (exact) mass is 307 g/mol. The molecule has 0 bridgehead atoms. The number of fused-ring (bicyclic) bond motifs is 1. The SMILES string of the molecule is COc1ccc(C(=O)N/N=C/c2cn(C)c3ccccc23)cc1. The van der Waals surface area contributed by atoms with Crippen LogP contribution in [-0.4, -0.2) is 23.8 Å². The van der Waals surface area contributed by atoms with Gasteiger partial charge in [0, 0.05) is 35.3 Å². The van der Waals surface area contributed by atoms with Crippen LogP contribution in [0.5, 0.6) is 5.75 Å². The predicted molar refractivity (Wildman–Crippen MR) is 91.0 cm³/mol. The summed E-state index contributed by atoms with van der Waals surface area (Å²) in [6.45, 7) is 0. The van der Waals surface area contributed by atoms with E-state index in [1.807, 2.05) is 42.1 Å². The number of nitrogens with one attached hydrogen (secondary N) is 1. The van der Waals surface area contributed by atoms with Crippen molar-refractivity contribution in [2.45, 2.75) is 0 Å². The fraction of sp³-hybridized carbons (Fsp3) is 0.111. The zero-order chi connectivity index (χ0) is 16.2. The quantitative estimate of drug-likeness (QED) is 0.595. The molecule has 2 aromatic carbocycles. The number of rotatable bonds is 4. The number of nitrogens with zero attached hydrogens (tertiary/aromatic N) is 2. The summed E-state index contributed by atoms with van der Waals surface area (Å²) in [6.07, 6.45) is 3.64. The molecule has 1 amide bonds. The van der Waals surface area contributed by atoms with Gasteiger partial charge in [0.1, 0.15) is 5.75 Å². The minimum Gasteiger partial charge on any atom is -0.497 e. The molecule has 23 heavy (non-hydrogen) atoms. The molecule has 3 rings (SSSR count). The molecule has 0 aliphatic rings. The number of carbonyl (C=O) groups is 1. The van der Waals surface area contributed by atoms with Gasteiger partial charge in [-0.25, -0.2) is 5.43 Å². The third kappa shape index (κ3) is 3.08. The summed E-state index contributed by atoms with van der Waals surface area (Å²) in [5.74, 6) is 0.449. The van der Waals surface area contributed by atoms with Gasteiger partial charge in [0.25, 0.3) is 5.91 Å². The largest absolute Gasteiger partial charge is 0.497 e. The summed E-state index contributed by atoms with van der Waals surface area (Å²) in [4.78, 5) is 12.0. The lowest BCUT2D eigenvalue weighted by Crippen LogP contribution is -2.17. The van der Waals surface area contributed by atoms with E-state index in [1.54, 1.807) is 37.6 Å². The van der Waals surface area contributed by atoms with Crippen LogP contribution in [0.4, 0.5) is 0 Å². The van der Waals surface area contributed by atoms with Crippen molar-refractivity contribution >= 4 is 23.0 Å². The van der Waals surface area contributed by atoms with E-state index in [4.69, 9.17) is 4.74 Å². The fourth-order valence-electron chi connectivity index (χ4n) is 2.44. The topological polar surface area (TPSA) is 55.6 Å². The Balaban J connectivity index is 1.73. The average molecular weight is 307 g/mol. The molecule has 0 saturated heterocycles. The highest BCUT2D eigenvalue weighted by Gasteiger charge is 2.05. The maximum absolute atomic E-state index is 12.0. The van der Waals surface area contributed by atoms with Crippen LogP contribution in [0.2, 0.25) is 0 Å². The summed E-state index contributed by atoms with van der Waals surface area (Å²) in [7, 11) is 3.57. The molecule has 116 valence electrons. The Morgan fingerprint density at radius 1 is 1.17 bits per heavy atom. The maximum Gasteiger partial charge on any atom is 0.271 e. The van der Waals surface area contributed by atoms with E-state index in [-0.39, 0.29) is 5.91 Å². The minimum atomic E-state index is -0.260. The summed E-state index contributed by atoms with van der Waals surface area (Å²) >= 11 is 0. The lowest BCUT2D eigenvalue weighted by Gasteiger charge is -2.01. The number of aromatic nitrogens is 1. The van der Waals surface area contributed by atoms with Crippen molar-refractivity contribution in [2.24, 2.45) is 12.1 Å². The Bertz CT molecular complexity index is 864. The van der Waals surface area contributed by atoms with Gasteiger partial charge < -0.3 is 9.30 Å². The first-order valence-corrected chi connectivity index (χ1v) is 7.20. The molecule has 0 atom stereocenters. The van der Waals surface area contributed by atoms with E-state index in [0.717, 1.165) is 16.5 Å². The molecule has 0 unspecified atom stereocenters. The van der Waals surface area contributed by atoms with Crippen LogP contribution in [-0.2, 0) is 7.05 Å². The van der Waals surface area contributed by atoms with Crippen molar-refractivity contribution in [3.05, 3.63) is 65.9 Å². The molecular weight excluding hydrogens is 290 g/mol. The summed E-state index contributed by atoms with van der Waals surface area (Å²) in [5, 5.41) is 5.15. The highest BCUT2D eigenvalue weighted by atomic mass is 16.5. The van der Waals surface area contributed by atoms with E-state index in [0.29, 0.717) is 11.3 Å². The standard InChI is InChI=1S/C18H17N3O2/c1-21-12-14(16-5-3-4-6-17(16)21)11-19-20-18(22)13-7-9-15(23-2)10-8-13/h3-12H,1-2H3,(H,20,22)/b19-11+. The predicted octanol–water partition coefficient (Wildman–Crippen LogP) is 2.95. The molecule has 3 aromatic rings. The molecule has 0 fully saturated rings. The minimum absolute atomic E-state index is 0.260. The average Bonchev–Trinajstić information content (AvgIpc) is 2.91. The van der Waals surface area contributed by atoms with Crippen molar-refractivity contribution in [3.8, 4) is 5.75 Å². The molecular formula is C18H17N3O2. The van der Waals surface area contributed by atoms with Gasteiger partial charge in [-0.1, -0.05) is 18.2 Å². The Morgan fingerprint density at radius 2 is 1.91 bits per heavy atom. The Kier molecular flexibility index (Phi) is 4.10. The number of para-hydroxylation sites is 1. The molecule has 0 aliphatic carbocycles. The third-order valence-corrected chi connectivity index (χ3v) is 3.65. The molecule has 5 nitrogen and oxygen atoms in total. The van der Waals surface area contributed by atoms with E-state index in [9.17, 15) is 4.79 Å². The first-order valence-electron chi connectivity index (χ1n) is 7.20. The maximum atomic E-state index is 12.0. The van der Waals surface area contributed by atoms with E-state index >= 15 is 0 Å². The van der Waals surface area contributed by atoms with Gasteiger partial charge in [0.05, 0.1) is 13.3 Å². The highest BCUT2D eigenvalue weighted by Crippen LogP contribution is 2.18. The van der Waals surface area contributed by atoms with Crippen molar-refractivity contribution in [1.82, 2.24) is 9.99 Å². The lowest BCUT2D eigenvalue weighted by atomic mass is 10.2. The number of amides is 1. The Morgan fingerprint density at radius 3 is 2.65 bits per heavy atom. The van der Waals surface area contributed by atoms with Gasteiger partial charge in [0.2, 0.25) is 0 Å². The first-order chi connectivity index (χ1) is 11.2. The van der Waals surface area contributed by atoms with Crippen LogP contribution in [0.25, 0.3) is 10.9 Å². The summed E-state index contributed by atoms with van der Waals surface area (Å²) < 4.78 is 7.10. The molecule has 0 radical (unpaired) electrons. The smallest absolute Gasteiger partial charge is 0.271 e. The van der Waals surface area contributed by atoms with Gasteiger partial charge in [-0.15, -0.1) is 0 Å². The highest BCUT2D eigenvalue weighted by molar-refractivity contribution is 6.00. The van der Waals surface area contributed by atoms with Gasteiger partial charge in [-0.2, -0.15) is 5.10 Å². The second kappa shape index (κ2) is 6.36. The van der Waals surface area contributed by atoms with Crippen LogP contribution >= 0.6 is 0 Å². The zero-order valence-corrected chi connectivity index (χ0v) is 13.0. The van der Waals surface area contributed by atoms with E-state index in [2.05, 4.69) is 10.5 Å². The number of benzene rings is 2.